The minimum Gasteiger partial charge on any atom is -0.493 e. The summed E-state index contributed by atoms with van der Waals surface area (Å²) in [6, 6.07) is 10.5. The zero-order valence-corrected chi connectivity index (χ0v) is 17.1. The minimum atomic E-state index is -0.358. The lowest BCUT2D eigenvalue weighted by atomic mass is 9.75. The molecule has 0 amide bonds. The smallest absolute Gasteiger partial charge is 0.162 e. The van der Waals surface area contributed by atoms with E-state index in [1.807, 2.05) is 12.1 Å². The molecule has 0 unspecified atom stereocenters. The van der Waals surface area contributed by atoms with Gasteiger partial charge in [-0.2, -0.15) is 0 Å². The molecule has 0 spiro atoms. The average molecular weight is 408 g/mol. The first kappa shape index (κ1) is 20.9. The van der Waals surface area contributed by atoms with Gasteiger partial charge in [0, 0.05) is 29.6 Å². The van der Waals surface area contributed by atoms with E-state index < -0.39 is 0 Å². The Hall–Kier alpha value is -1.82. The molecule has 4 nitrogen and oxygen atoms in total. The van der Waals surface area contributed by atoms with Gasteiger partial charge in [0.15, 0.2) is 11.5 Å². The van der Waals surface area contributed by atoms with Crippen molar-refractivity contribution in [3.63, 3.8) is 0 Å². The van der Waals surface area contributed by atoms with Crippen molar-refractivity contribution in [2.24, 2.45) is 5.41 Å². The number of methoxy groups -OCH3 is 2. The van der Waals surface area contributed by atoms with Gasteiger partial charge < -0.3 is 14.6 Å². The summed E-state index contributed by atoms with van der Waals surface area (Å²) in [5.41, 5.74) is 1.24. The van der Waals surface area contributed by atoms with E-state index in [1.54, 1.807) is 32.4 Å². The van der Waals surface area contributed by atoms with E-state index in [0.29, 0.717) is 41.6 Å². The third-order valence-corrected chi connectivity index (χ3v) is 5.90. The molecule has 0 aromatic heterocycles. The molecular formula is C22H27ClFNO3. The largest absolute Gasteiger partial charge is 0.493 e. The second-order valence-corrected chi connectivity index (χ2v) is 7.95. The summed E-state index contributed by atoms with van der Waals surface area (Å²) in [6.07, 6.45) is 2.33. The topological polar surface area (TPSA) is 41.9 Å². The normalized spacial score (nSPS) is 20.2. The Morgan fingerprint density at radius 2 is 1.86 bits per heavy atom. The van der Waals surface area contributed by atoms with Crippen LogP contribution >= 0.6 is 11.6 Å². The molecule has 1 fully saturated rings. The minimum absolute atomic E-state index is 0.0253. The van der Waals surface area contributed by atoms with Gasteiger partial charge in [0.05, 0.1) is 20.8 Å². The molecular weight excluding hydrogens is 381 g/mol. The summed E-state index contributed by atoms with van der Waals surface area (Å²) >= 11 is 6.45. The highest BCUT2D eigenvalue weighted by Crippen LogP contribution is 2.37. The number of aliphatic hydroxyl groups excluding tert-OH is 1. The van der Waals surface area contributed by atoms with E-state index in [0.717, 1.165) is 24.9 Å². The molecule has 1 heterocycles. The van der Waals surface area contributed by atoms with E-state index >= 15 is 0 Å². The number of nitrogens with zero attached hydrogens (tertiary/aromatic N) is 1. The fourth-order valence-electron chi connectivity index (χ4n) is 4.08. The third-order valence-electron chi connectivity index (χ3n) is 5.55. The molecule has 0 aliphatic carbocycles. The second-order valence-electron chi connectivity index (χ2n) is 7.54. The number of rotatable bonds is 7. The summed E-state index contributed by atoms with van der Waals surface area (Å²) in [7, 11) is 3.18. The average Bonchev–Trinajstić information content (AvgIpc) is 2.71. The summed E-state index contributed by atoms with van der Waals surface area (Å²) in [4.78, 5) is 2.27. The van der Waals surface area contributed by atoms with Gasteiger partial charge in [0.25, 0.3) is 0 Å². The maximum absolute atomic E-state index is 14.2. The highest BCUT2D eigenvalue weighted by atomic mass is 35.5. The second kappa shape index (κ2) is 9.12. The van der Waals surface area contributed by atoms with Crippen LogP contribution in [0.3, 0.4) is 0 Å². The number of hydrogen-bond donors (Lipinski definition) is 1. The SMILES string of the molecule is COc1cc(Cl)c(CN2CCC[C@](CO)(Cc3ccccc3F)C2)cc1OC. The fraction of sp³-hybridized carbons (Fsp3) is 0.455. The Balaban J connectivity index is 1.78. The molecule has 28 heavy (non-hydrogen) atoms. The van der Waals surface area contributed by atoms with Crippen molar-refractivity contribution in [1.29, 1.82) is 0 Å². The van der Waals surface area contributed by atoms with Crippen LogP contribution < -0.4 is 9.47 Å². The lowest BCUT2D eigenvalue weighted by molar-refractivity contribution is 0.0283. The molecule has 152 valence electrons. The number of piperidine rings is 1. The monoisotopic (exact) mass is 407 g/mol. The maximum atomic E-state index is 14.2. The van der Waals surface area contributed by atoms with Crippen LogP contribution in [0.5, 0.6) is 11.5 Å². The van der Waals surface area contributed by atoms with Crippen LogP contribution in [0.15, 0.2) is 36.4 Å². The Morgan fingerprint density at radius 1 is 1.14 bits per heavy atom. The zero-order chi connectivity index (χ0) is 20.1. The zero-order valence-electron chi connectivity index (χ0n) is 16.4. The Morgan fingerprint density at radius 3 is 2.54 bits per heavy atom. The van der Waals surface area contributed by atoms with Crippen molar-refractivity contribution in [3.05, 3.63) is 58.4 Å². The lowest BCUT2D eigenvalue weighted by Gasteiger charge is -2.42. The van der Waals surface area contributed by atoms with Gasteiger partial charge in [0.1, 0.15) is 5.82 Å². The van der Waals surface area contributed by atoms with Crippen LogP contribution in [-0.4, -0.2) is 43.9 Å². The van der Waals surface area contributed by atoms with Crippen LogP contribution in [0.2, 0.25) is 5.02 Å². The summed E-state index contributed by atoms with van der Waals surface area (Å²) < 4.78 is 24.9. The van der Waals surface area contributed by atoms with Gasteiger partial charge in [-0.25, -0.2) is 4.39 Å². The summed E-state index contributed by atoms with van der Waals surface area (Å²) in [5.74, 6) is 1.02. The van der Waals surface area contributed by atoms with Crippen LogP contribution in [0.1, 0.15) is 24.0 Å². The van der Waals surface area contributed by atoms with Crippen molar-refractivity contribution in [2.75, 3.05) is 33.9 Å². The maximum Gasteiger partial charge on any atom is 0.162 e. The van der Waals surface area contributed by atoms with Gasteiger partial charge >= 0.3 is 0 Å². The van der Waals surface area contributed by atoms with E-state index in [1.165, 1.54) is 6.07 Å². The van der Waals surface area contributed by atoms with Crippen LogP contribution in [0.25, 0.3) is 0 Å². The molecule has 2 aromatic rings. The van der Waals surface area contributed by atoms with Gasteiger partial charge in [-0.1, -0.05) is 29.8 Å². The molecule has 0 radical (unpaired) electrons. The van der Waals surface area contributed by atoms with Gasteiger partial charge in [-0.3, -0.25) is 4.90 Å². The Kier molecular flexibility index (Phi) is 6.81. The Labute approximate surface area is 170 Å². The number of ether oxygens (including phenoxy) is 2. The molecule has 1 aliphatic heterocycles. The first-order chi connectivity index (χ1) is 13.5. The summed E-state index contributed by atoms with van der Waals surface area (Å²) in [6.45, 7) is 2.25. The van der Waals surface area contributed by atoms with Gasteiger partial charge in [0.2, 0.25) is 0 Å². The number of halogens is 2. The number of likely N-dealkylation sites (tertiary alicyclic amines) is 1. The third kappa shape index (κ3) is 4.59. The molecule has 1 aliphatic rings. The highest BCUT2D eigenvalue weighted by Gasteiger charge is 2.36. The van der Waals surface area contributed by atoms with Crippen molar-refractivity contribution in [1.82, 2.24) is 4.90 Å². The standard InChI is InChI=1S/C22H27ClFNO3/c1-27-20-10-17(18(23)11-21(20)28-2)13-25-9-5-8-22(14-25,15-26)12-16-6-3-4-7-19(16)24/h3-4,6-7,10-11,26H,5,8-9,12-15H2,1-2H3/t22-/m0/s1. The first-order valence-corrected chi connectivity index (χ1v) is 9.85. The van der Waals surface area contributed by atoms with Crippen molar-refractivity contribution in [3.8, 4) is 11.5 Å². The van der Waals surface area contributed by atoms with Crippen LogP contribution in [-0.2, 0) is 13.0 Å². The van der Waals surface area contributed by atoms with Crippen molar-refractivity contribution < 1.29 is 19.0 Å². The van der Waals surface area contributed by atoms with Gasteiger partial charge in [-0.15, -0.1) is 0 Å². The predicted molar refractivity (Wildman–Crippen MR) is 109 cm³/mol. The molecule has 0 bridgehead atoms. The first-order valence-electron chi connectivity index (χ1n) is 9.47. The fourth-order valence-corrected chi connectivity index (χ4v) is 4.29. The summed E-state index contributed by atoms with van der Waals surface area (Å²) in [5, 5.41) is 10.8. The van der Waals surface area contributed by atoms with E-state index in [9.17, 15) is 9.50 Å². The lowest BCUT2D eigenvalue weighted by Crippen LogP contribution is -2.46. The van der Waals surface area contributed by atoms with E-state index in [2.05, 4.69) is 4.90 Å². The molecule has 1 atom stereocenters. The van der Waals surface area contributed by atoms with Crippen molar-refractivity contribution >= 4 is 11.6 Å². The van der Waals surface area contributed by atoms with E-state index in [4.69, 9.17) is 21.1 Å². The molecule has 3 rings (SSSR count). The molecule has 6 heteroatoms. The Bertz CT molecular complexity index is 816. The van der Waals surface area contributed by atoms with Crippen LogP contribution in [0, 0.1) is 11.2 Å². The van der Waals surface area contributed by atoms with Crippen molar-refractivity contribution in [2.45, 2.75) is 25.8 Å². The molecule has 0 saturated carbocycles. The predicted octanol–water partition coefficient (Wildman–Crippen LogP) is 4.31. The quantitative estimate of drug-likeness (QED) is 0.742. The molecule has 1 saturated heterocycles. The molecule has 1 N–H and O–H groups in total. The highest BCUT2D eigenvalue weighted by molar-refractivity contribution is 6.31. The number of benzene rings is 2. The van der Waals surface area contributed by atoms with Crippen LogP contribution in [0.4, 0.5) is 4.39 Å². The number of hydrogen-bond acceptors (Lipinski definition) is 4. The molecule has 2 aromatic carbocycles. The van der Waals surface area contributed by atoms with Gasteiger partial charge in [-0.05, 0) is 49.1 Å². The number of aliphatic hydroxyl groups is 1. The van der Waals surface area contributed by atoms with E-state index in [-0.39, 0.29) is 17.8 Å².